The van der Waals surface area contributed by atoms with Crippen LogP contribution in [0, 0.1) is 0 Å². The van der Waals surface area contributed by atoms with Crippen molar-refractivity contribution in [3.05, 3.63) is 46.2 Å². The lowest BCUT2D eigenvalue weighted by molar-refractivity contribution is -0.130. The van der Waals surface area contributed by atoms with E-state index in [1.165, 1.54) is 10.4 Å². The second kappa shape index (κ2) is 5.70. The molecule has 0 radical (unpaired) electrons. The Hall–Kier alpha value is -1.92. The van der Waals surface area contributed by atoms with Crippen molar-refractivity contribution >= 4 is 43.9 Å². The van der Waals surface area contributed by atoms with Gasteiger partial charge < -0.3 is 10.2 Å². The minimum atomic E-state index is 0.135. The van der Waals surface area contributed by atoms with Crippen LogP contribution in [0.3, 0.4) is 0 Å². The SMILES string of the molecule is O=C(CNc1nc2ccccc2s1)N1CCc2sccc2C1. The van der Waals surface area contributed by atoms with Crippen LogP contribution in [0.1, 0.15) is 10.4 Å². The van der Waals surface area contributed by atoms with Gasteiger partial charge in [-0.05, 0) is 35.6 Å². The molecule has 112 valence electrons. The molecule has 4 rings (SSSR count). The molecule has 3 heterocycles. The zero-order valence-electron chi connectivity index (χ0n) is 11.9. The van der Waals surface area contributed by atoms with Crippen LogP contribution in [-0.4, -0.2) is 28.9 Å². The molecule has 1 amide bonds. The zero-order chi connectivity index (χ0) is 14.9. The fraction of sp³-hybridized carbons (Fsp3) is 0.250. The number of aromatic nitrogens is 1. The molecule has 0 saturated heterocycles. The summed E-state index contributed by atoms with van der Waals surface area (Å²) < 4.78 is 1.14. The number of hydrogen-bond donors (Lipinski definition) is 1. The Morgan fingerprint density at radius 2 is 2.23 bits per heavy atom. The zero-order valence-corrected chi connectivity index (χ0v) is 13.5. The molecule has 6 heteroatoms. The minimum Gasteiger partial charge on any atom is -0.352 e. The Morgan fingerprint density at radius 1 is 1.32 bits per heavy atom. The molecule has 0 fully saturated rings. The first-order valence-corrected chi connectivity index (χ1v) is 8.92. The summed E-state index contributed by atoms with van der Waals surface area (Å²) in [5.74, 6) is 0.135. The van der Waals surface area contributed by atoms with Crippen molar-refractivity contribution in [1.82, 2.24) is 9.88 Å². The fourth-order valence-electron chi connectivity index (χ4n) is 2.67. The van der Waals surface area contributed by atoms with Crippen molar-refractivity contribution in [1.29, 1.82) is 0 Å². The smallest absolute Gasteiger partial charge is 0.242 e. The van der Waals surface area contributed by atoms with Crippen LogP contribution in [0.25, 0.3) is 10.2 Å². The van der Waals surface area contributed by atoms with Crippen molar-refractivity contribution in [2.24, 2.45) is 0 Å². The number of rotatable bonds is 3. The Bertz CT molecular complexity index is 791. The van der Waals surface area contributed by atoms with E-state index < -0.39 is 0 Å². The summed E-state index contributed by atoms with van der Waals surface area (Å²) in [5.41, 5.74) is 2.27. The molecule has 1 aliphatic heterocycles. The molecule has 0 spiro atoms. The van der Waals surface area contributed by atoms with Crippen LogP contribution < -0.4 is 5.32 Å². The predicted octanol–water partition coefficient (Wildman–Crippen LogP) is 3.35. The van der Waals surface area contributed by atoms with Gasteiger partial charge in [0.15, 0.2) is 5.13 Å². The van der Waals surface area contributed by atoms with Gasteiger partial charge in [-0.25, -0.2) is 4.98 Å². The maximum atomic E-state index is 12.4. The lowest BCUT2D eigenvalue weighted by atomic mass is 10.1. The van der Waals surface area contributed by atoms with Crippen molar-refractivity contribution < 1.29 is 4.79 Å². The number of hydrogen-bond acceptors (Lipinski definition) is 5. The first-order valence-electron chi connectivity index (χ1n) is 7.22. The third-order valence-electron chi connectivity index (χ3n) is 3.85. The molecule has 3 aromatic rings. The number of para-hydroxylation sites is 1. The topological polar surface area (TPSA) is 45.2 Å². The van der Waals surface area contributed by atoms with E-state index in [0.29, 0.717) is 6.54 Å². The van der Waals surface area contributed by atoms with E-state index in [2.05, 4.69) is 21.7 Å². The molecule has 4 nitrogen and oxygen atoms in total. The highest BCUT2D eigenvalue weighted by atomic mass is 32.1. The van der Waals surface area contributed by atoms with Crippen LogP contribution in [0.15, 0.2) is 35.7 Å². The van der Waals surface area contributed by atoms with E-state index in [0.717, 1.165) is 34.9 Å². The van der Waals surface area contributed by atoms with Gasteiger partial charge in [-0.2, -0.15) is 0 Å². The molecule has 0 aliphatic carbocycles. The van der Waals surface area contributed by atoms with Gasteiger partial charge in [0.2, 0.25) is 5.91 Å². The van der Waals surface area contributed by atoms with Gasteiger partial charge >= 0.3 is 0 Å². The van der Waals surface area contributed by atoms with Crippen molar-refractivity contribution in [2.75, 3.05) is 18.4 Å². The van der Waals surface area contributed by atoms with Crippen molar-refractivity contribution in [3.63, 3.8) is 0 Å². The highest BCUT2D eigenvalue weighted by Crippen LogP contribution is 2.26. The number of carbonyl (C=O) groups is 1. The number of nitrogens with zero attached hydrogens (tertiary/aromatic N) is 2. The Labute approximate surface area is 136 Å². The molecule has 0 unspecified atom stereocenters. The second-order valence-electron chi connectivity index (χ2n) is 5.27. The van der Waals surface area contributed by atoms with Gasteiger partial charge in [0.05, 0.1) is 16.8 Å². The summed E-state index contributed by atoms with van der Waals surface area (Å²) in [6.07, 6.45) is 0.972. The van der Waals surface area contributed by atoms with E-state index in [1.807, 2.05) is 29.2 Å². The van der Waals surface area contributed by atoms with Crippen molar-refractivity contribution in [3.8, 4) is 0 Å². The molecule has 0 atom stereocenters. The van der Waals surface area contributed by atoms with Crippen LogP contribution in [0.5, 0.6) is 0 Å². The third-order valence-corrected chi connectivity index (χ3v) is 5.86. The first kappa shape index (κ1) is 13.7. The number of benzene rings is 1. The van der Waals surface area contributed by atoms with E-state index in [-0.39, 0.29) is 5.91 Å². The summed E-state index contributed by atoms with van der Waals surface area (Å²) in [6, 6.07) is 10.1. The second-order valence-corrected chi connectivity index (χ2v) is 7.31. The molecule has 1 aromatic carbocycles. The minimum absolute atomic E-state index is 0.135. The summed E-state index contributed by atoms with van der Waals surface area (Å²) in [5, 5.41) is 6.09. The monoisotopic (exact) mass is 329 g/mol. The van der Waals surface area contributed by atoms with Gasteiger partial charge in [-0.3, -0.25) is 4.79 Å². The van der Waals surface area contributed by atoms with Crippen molar-refractivity contribution in [2.45, 2.75) is 13.0 Å². The molecular weight excluding hydrogens is 314 g/mol. The lowest BCUT2D eigenvalue weighted by Gasteiger charge is -2.27. The third kappa shape index (κ3) is 2.60. The molecule has 22 heavy (non-hydrogen) atoms. The highest BCUT2D eigenvalue weighted by molar-refractivity contribution is 7.22. The molecule has 2 aromatic heterocycles. The van der Waals surface area contributed by atoms with Gasteiger partial charge in [0.25, 0.3) is 0 Å². The van der Waals surface area contributed by atoms with Gasteiger partial charge in [-0.1, -0.05) is 23.5 Å². The summed E-state index contributed by atoms with van der Waals surface area (Å²) >= 11 is 3.37. The van der Waals surface area contributed by atoms with Crippen LogP contribution in [0.2, 0.25) is 0 Å². The summed E-state index contributed by atoms with van der Waals surface area (Å²) in [4.78, 5) is 20.2. The number of carbonyl (C=O) groups excluding carboxylic acids is 1. The molecule has 1 N–H and O–H groups in total. The number of nitrogens with one attached hydrogen (secondary N) is 1. The molecule has 0 saturated carbocycles. The van der Waals surface area contributed by atoms with Crippen LogP contribution >= 0.6 is 22.7 Å². The van der Waals surface area contributed by atoms with E-state index >= 15 is 0 Å². The Balaban J connectivity index is 1.40. The maximum Gasteiger partial charge on any atom is 0.242 e. The van der Waals surface area contributed by atoms with Gasteiger partial charge in [0.1, 0.15) is 0 Å². The molecule has 1 aliphatic rings. The van der Waals surface area contributed by atoms with Gasteiger partial charge in [0, 0.05) is 18.0 Å². The van der Waals surface area contributed by atoms with E-state index in [4.69, 9.17) is 0 Å². The number of fused-ring (bicyclic) bond motifs is 2. The van der Waals surface area contributed by atoms with Gasteiger partial charge in [-0.15, -0.1) is 11.3 Å². The standard InChI is InChI=1S/C16H15N3OS2/c20-15(19-7-5-13-11(10-19)6-8-21-13)9-17-16-18-12-3-1-2-4-14(12)22-16/h1-4,6,8H,5,7,9-10H2,(H,17,18). The first-order chi connectivity index (χ1) is 10.8. The largest absolute Gasteiger partial charge is 0.352 e. The predicted molar refractivity (Wildman–Crippen MR) is 91.5 cm³/mol. The number of thiazole rings is 1. The quantitative estimate of drug-likeness (QED) is 0.801. The summed E-state index contributed by atoms with van der Waals surface area (Å²) in [6.45, 7) is 1.85. The van der Waals surface area contributed by atoms with Crippen LogP contribution in [0.4, 0.5) is 5.13 Å². The Morgan fingerprint density at radius 3 is 3.14 bits per heavy atom. The molecular formula is C16H15N3OS2. The number of thiophene rings is 1. The number of amides is 1. The fourth-order valence-corrected chi connectivity index (χ4v) is 4.42. The van der Waals surface area contributed by atoms with Crippen LogP contribution in [-0.2, 0) is 17.8 Å². The average Bonchev–Trinajstić information content (AvgIpc) is 3.17. The number of anilines is 1. The van der Waals surface area contributed by atoms with E-state index in [9.17, 15) is 4.79 Å². The highest BCUT2D eigenvalue weighted by Gasteiger charge is 2.21. The summed E-state index contributed by atoms with van der Waals surface area (Å²) in [7, 11) is 0. The Kier molecular flexibility index (Phi) is 3.56. The lowest BCUT2D eigenvalue weighted by Crippen LogP contribution is -2.38. The maximum absolute atomic E-state index is 12.4. The van der Waals surface area contributed by atoms with E-state index in [1.54, 1.807) is 22.7 Å². The average molecular weight is 329 g/mol. The molecule has 0 bridgehead atoms. The normalized spacial score (nSPS) is 14.1.